The molecule has 26 heavy (non-hydrogen) atoms. The standard InChI is InChI=1S/C20H24N2O4/c1-26-18-11-16(7-9-21-18)13-22-10-8-17(23)20(14-22,19(24)25)12-15-5-3-2-4-6-15/h2-7,9,11,17,23H,8,10,12-14H2,1H3,(H,24,25)/t17-,20+/m0/s1. The molecule has 0 unspecified atom stereocenters. The highest BCUT2D eigenvalue weighted by Gasteiger charge is 2.49. The minimum atomic E-state index is -1.21. The summed E-state index contributed by atoms with van der Waals surface area (Å²) in [6, 6.07) is 13.2. The molecule has 2 aromatic rings. The molecule has 6 heteroatoms. The first-order chi connectivity index (χ1) is 12.5. The molecule has 1 aromatic carbocycles. The number of hydrogen-bond donors (Lipinski definition) is 2. The van der Waals surface area contributed by atoms with Gasteiger partial charge in [0.25, 0.3) is 0 Å². The number of likely N-dealkylation sites (tertiary alicyclic amines) is 1. The molecular formula is C20H24N2O4. The van der Waals surface area contributed by atoms with Crippen LogP contribution in [0.15, 0.2) is 48.7 Å². The van der Waals surface area contributed by atoms with Crippen molar-refractivity contribution in [2.24, 2.45) is 5.41 Å². The zero-order chi connectivity index (χ0) is 18.6. The molecule has 138 valence electrons. The molecule has 2 atom stereocenters. The van der Waals surface area contributed by atoms with Gasteiger partial charge in [0.05, 0.1) is 13.2 Å². The van der Waals surface area contributed by atoms with Crippen molar-refractivity contribution in [1.29, 1.82) is 0 Å². The summed E-state index contributed by atoms with van der Waals surface area (Å²) in [5.74, 6) is -0.417. The number of aliphatic carboxylic acids is 1. The number of rotatable bonds is 6. The monoisotopic (exact) mass is 356 g/mol. The molecule has 0 radical (unpaired) electrons. The lowest BCUT2D eigenvalue weighted by Crippen LogP contribution is -2.56. The summed E-state index contributed by atoms with van der Waals surface area (Å²) in [5.41, 5.74) is 0.713. The van der Waals surface area contributed by atoms with Gasteiger partial charge < -0.3 is 14.9 Å². The van der Waals surface area contributed by atoms with Gasteiger partial charge in [-0.1, -0.05) is 30.3 Å². The number of aliphatic hydroxyl groups is 1. The van der Waals surface area contributed by atoms with Crippen LogP contribution in [0.3, 0.4) is 0 Å². The summed E-state index contributed by atoms with van der Waals surface area (Å²) in [5, 5.41) is 20.5. The summed E-state index contributed by atoms with van der Waals surface area (Å²) < 4.78 is 5.16. The van der Waals surface area contributed by atoms with E-state index >= 15 is 0 Å². The van der Waals surface area contributed by atoms with Gasteiger partial charge in [-0.2, -0.15) is 0 Å². The van der Waals surface area contributed by atoms with Crippen molar-refractivity contribution in [3.63, 3.8) is 0 Å². The van der Waals surface area contributed by atoms with E-state index in [1.54, 1.807) is 13.3 Å². The van der Waals surface area contributed by atoms with E-state index in [1.807, 2.05) is 42.5 Å². The number of piperidine rings is 1. The number of nitrogens with zero attached hydrogens (tertiary/aromatic N) is 2. The molecule has 1 aliphatic heterocycles. The van der Waals surface area contributed by atoms with Crippen LogP contribution < -0.4 is 4.74 Å². The zero-order valence-electron chi connectivity index (χ0n) is 14.8. The Morgan fingerprint density at radius 3 is 2.77 bits per heavy atom. The lowest BCUT2D eigenvalue weighted by atomic mass is 9.72. The largest absolute Gasteiger partial charge is 0.481 e. The van der Waals surface area contributed by atoms with E-state index in [2.05, 4.69) is 9.88 Å². The highest BCUT2D eigenvalue weighted by atomic mass is 16.5. The zero-order valence-corrected chi connectivity index (χ0v) is 14.8. The average Bonchev–Trinajstić information content (AvgIpc) is 2.65. The van der Waals surface area contributed by atoms with Gasteiger partial charge in [0.15, 0.2) is 0 Å². The number of carbonyl (C=O) groups is 1. The summed E-state index contributed by atoms with van der Waals surface area (Å²) in [6.45, 7) is 1.54. The molecule has 1 fully saturated rings. The third kappa shape index (κ3) is 3.86. The topological polar surface area (TPSA) is 82.9 Å². The van der Waals surface area contributed by atoms with Gasteiger partial charge in [0.2, 0.25) is 5.88 Å². The summed E-state index contributed by atoms with van der Waals surface area (Å²) in [4.78, 5) is 18.4. The molecule has 0 saturated carbocycles. The highest BCUT2D eigenvalue weighted by molar-refractivity contribution is 5.76. The molecule has 1 aliphatic rings. The fourth-order valence-corrected chi connectivity index (χ4v) is 3.64. The number of aliphatic hydroxyl groups excluding tert-OH is 1. The fourth-order valence-electron chi connectivity index (χ4n) is 3.64. The maximum absolute atomic E-state index is 12.2. The van der Waals surface area contributed by atoms with Crippen molar-refractivity contribution in [2.45, 2.75) is 25.5 Å². The normalized spacial score (nSPS) is 23.5. The Hall–Kier alpha value is -2.44. The van der Waals surface area contributed by atoms with Crippen LogP contribution in [0, 0.1) is 5.41 Å². The molecule has 0 aliphatic carbocycles. The van der Waals surface area contributed by atoms with Gasteiger partial charge in [-0.05, 0) is 30.0 Å². The van der Waals surface area contributed by atoms with E-state index in [9.17, 15) is 15.0 Å². The number of pyridine rings is 1. The number of methoxy groups -OCH3 is 1. The lowest BCUT2D eigenvalue weighted by molar-refractivity contribution is -0.163. The molecule has 0 spiro atoms. The van der Waals surface area contributed by atoms with E-state index in [-0.39, 0.29) is 0 Å². The maximum Gasteiger partial charge on any atom is 0.313 e. The van der Waals surface area contributed by atoms with Crippen LogP contribution in [-0.4, -0.2) is 52.4 Å². The highest BCUT2D eigenvalue weighted by Crippen LogP contribution is 2.35. The quantitative estimate of drug-likeness (QED) is 0.823. The van der Waals surface area contributed by atoms with Crippen molar-refractivity contribution in [3.8, 4) is 5.88 Å². The lowest BCUT2D eigenvalue weighted by Gasteiger charge is -2.43. The Kier molecular flexibility index (Phi) is 5.54. The molecule has 2 N–H and O–H groups in total. The number of benzene rings is 1. The Balaban J connectivity index is 1.81. The van der Waals surface area contributed by atoms with Crippen LogP contribution in [0.1, 0.15) is 17.5 Å². The first-order valence-electron chi connectivity index (χ1n) is 8.70. The van der Waals surface area contributed by atoms with Gasteiger partial charge in [-0.3, -0.25) is 9.69 Å². The first-order valence-corrected chi connectivity index (χ1v) is 8.70. The smallest absolute Gasteiger partial charge is 0.313 e. The predicted molar refractivity (Wildman–Crippen MR) is 96.9 cm³/mol. The molecular weight excluding hydrogens is 332 g/mol. The van der Waals surface area contributed by atoms with Crippen LogP contribution >= 0.6 is 0 Å². The minimum absolute atomic E-state index is 0.295. The van der Waals surface area contributed by atoms with E-state index in [1.165, 1.54) is 0 Å². The minimum Gasteiger partial charge on any atom is -0.481 e. The van der Waals surface area contributed by atoms with E-state index in [0.29, 0.717) is 38.4 Å². The Morgan fingerprint density at radius 1 is 1.31 bits per heavy atom. The maximum atomic E-state index is 12.2. The first kappa shape index (κ1) is 18.4. The summed E-state index contributed by atoms with van der Waals surface area (Å²) in [6.07, 6.45) is 1.55. The summed E-state index contributed by atoms with van der Waals surface area (Å²) >= 11 is 0. The molecule has 2 heterocycles. The Labute approximate surface area is 153 Å². The van der Waals surface area contributed by atoms with Crippen molar-refractivity contribution in [2.75, 3.05) is 20.2 Å². The average molecular weight is 356 g/mol. The van der Waals surface area contributed by atoms with Crippen LogP contribution in [0.5, 0.6) is 5.88 Å². The van der Waals surface area contributed by atoms with Gasteiger partial charge in [-0.25, -0.2) is 4.98 Å². The number of ether oxygens (including phenoxy) is 1. The fraction of sp³-hybridized carbons (Fsp3) is 0.400. The molecule has 0 amide bonds. The summed E-state index contributed by atoms with van der Waals surface area (Å²) in [7, 11) is 1.57. The van der Waals surface area contributed by atoms with Crippen molar-refractivity contribution >= 4 is 5.97 Å². The SMILES string of the molecule is COc1cc(CN2CC[C@H](O)[C@](Cc3ccccc3)(C(=O)O)C2)ccn1. The second-order valence-corrected chi connectivity index (χ2v) is 6.85. The van der Waals surface area contributed by atoms with Crippen LogP contribution in [0.4, 0.5) is 0 Å². The number of carboxylic acid groups (broad SMARTS) is 1. The number of aromatic nitrogens is 1. The van der Waals surface area contributed by atoms with Crippen LogP contribution in [0.2, 0.25) is 0 Å². The molecule has 3 rings (SSSR count). The van der Waals surface area contributed by atoms with Gasteiger partial charge >= 0.3 is 5.97 Å². The Bertz CT molecular complexity index is 752. The van der Waals surface area contributed by atoms with Gasteiger partial charge in [0.1, 0.15) is 5.41 Å². The Morgan fingerprint density at radius 2 is 2.08 bits per heavy atom. The molecule has 0 bridgehead atoms. The molecule has 1 saturated heterocycles. The van der Waals surface area contributed by atoms with Gasteiger partial charge in [0, 0.05) is 31.9 Å². The van der Waals surface area contributed by atoms with Crippen LogP contribution in [-0.2, 0) is 17.8 Å². The second kappa shape index (κ2) is 7.85. The van der Waals surface area contributed by atoms with E-state index in [4.69, 9.17) is 4.74 Å². The van der Waals surface area contributed by atoms with Crippen molar-refractivity contribution in [3.05, 3.63) is 59.8 Å². The van der Waals surface area contributed by atoms with Gasteiger partial charge in [-0.15, -0.1) is 0 Å². The van der Waals surface area contributed by atoms with Crippen molar-refractivity contribution in [1.82, 2.24) is 9.88 Å². The number of carboxylic acids is 1. The van der Waals surface area contributed by atoms with Crippen molar-refractivity contribution < 1.29 is 19.7 Å². The number of hydrogen-bond acceptors (Lipinski definition) is 5. The van der Waals surface area contributed by atoms with Crippen LogP contribution in [0.25, 0.3) is 0 Å². The third-order valence-electron chi connectivity index (χ3n) is 5.07. The van der Waals surface area contributed by atoms with E-state index in [0.717, 1.165) is 11.1 Å². The molecule has 6 nitrogen and oxygen atoms in total. The molecule has 1 aromatic heterocycles. The second-order valence-electron chi connectivity index (χ2n) is 6.85. The predicted octanol–water partition coefficient (Wildman–Crippen LogP) is 1.97. The van der Waals surface area contributed by atoms with E-state index < -0.39 is 17.5 Å². The third-order valence-corrected chi connectivity index (χ3v) is 5.07.